The predicted molar refractivity (Wildman–Crippen MR) is 99.1 cm³/mol. The van der Waals surface area contributed by atoms with Crippen molar-refractivity contribution in [1.29, 1.82) is 0 Å². The van der Waals surface area contributed by atoms with Gasteiger partial charge in [0.15, 0.2) is 0 Å². The van der Waals surface area contributed by atoms with Gasteiger partial charge in [-0.05, 0) is 31.2 Å². The fourth-order valence-corrected chi connectivity index (χ4v) is 3.54. The van der Waals surface area contributed by atoms with E-state index < -0.39 is 5.97 Å². The minimum atomic E-state index is -0.982. The smallest absolute Gasteiger partial charge is 0.347 e. The summed E-state index contributed by atoms with van der Waals surface area (Å²) in [5.41, 5.74) is 1.60. The number of aromatic carboxylic acids is 1. The fraction of sp³-hybridized carbons (Fsp3) is 0.421. The van der Waals surface area contributed by atoms with Gasteiger partial charge in [-0.1, -0.05) is 44.2 Å². The summed E-state index contributed by atoms with van der Waals surface area (Å²) in [4.78, 5) is 27.9. The number of amides is 1. The lowest BCUT2D eigenvalue weighted by Gasteiger charge is -2.25. The molecule has 0 aliphatic carbocycles. The van der Waals surface area contributed by atoms with E-state index in [2.05, 4.69) is 36.3 Å². The normalized spacial score (nSPS) is 12.6. The number of hydrogen-bond acceptors (Lipinski definition) is 4. The highest BCUT2D eigenvalue weighted by atomic mass is 32.1. The molecule has 1 aromatic carbocycles. The number of carbonyl (C=O) groups is 2. The molecule has 134 valence electrons. The van der Waals surface area contributed by atoms with E-state index in [4.69, 9.17) is 5.11 Å². The molecule has 1 unspecified atom stereocenters. The molecular formula is C19H24N2O3S. The van der Waals surface area contributed by atoms with Gasteiger partial charge in [-0.2, -0.15) is 0 Å². The highest BCUT2D eigenvalue weighted by Crippen LogP contribution is 2.28. The Labute approximate surface area is 152 Å². The summed E-state index contributed by atoms with van der Waals surface area (Å²) in [6.45, 7) is 7.75. The molecule has 1 heterocycles. The minimum Gasteiger partial charge on any atom is -0.477 e. The molecule has 2 rings (SSSR count). The third-order valence-corrected chi connectivity index (χ3v) is 5.62. The molecular weight excluding hydrogens is 336 g/mol. The van der Waals surface area contributed by atoms with Gasteiger partial charge in [0.05, 0.1) is 11.7 Å². The lowest BCUT2D eigenvalue weighted by molar-refractivity contribution is -0.122. The molecule has 2 N–H and O–H groups in total. The van der Waals surface area contributed by atoms with Crippen LogP contribution in [0.3, 0.4) is 0 Å². The summed E-state index contributed by atoms with van der Waals surface area (Å²) < 4.78 is 0. The van der Waals surface area contributed by atoms with Crippen LogP contribution in [-0.4, -0.2) is 22.0 Å². The second-order valence-corrected chi connectivity index (χ2v) is 7.84. The van der Waals surface area contributed by atoms with Crippen LogP contribution in [0.2, 0.25) is 0 Å². The van der Waals surface area contributed by atoms with Crippen LogP contribution in [0.4, 0.5) is 0 Å². The van der Waals surface area contributed by atoms with Crippen LogP contribution < -0.4 is 5.32 Å². The molecule has 0 radical (unpaired) electrons. The Balaban J connectivity index is 1.94. The first kappa shape index (κ1) is 19.1. The van der Waals surface area contributed by atoms with Gasteiger partial charge in [0.1, 0.15) is 9.88 Å². The molecule has 6 heteroatoms. The quantitative estimate of drug-likeness (QED) is 0.779. The van der Waals surface area contributed by atoms with Crippen molar-refractivity contribution in [3.05, 3.63) is 51.5 Å². The number of aromatic nitrogens is 1. The second-order valence-electron chi connectivity index (χ2n) is 6.81. The standard InChI is InChI=1S/C19H24N2O3S/c1-12-16(18(23)24)25-17(21-12)13(2)20-15(22)10-11-19(3,4)14-8-6-5-7-9-14/h5-9,13H,10-11H2,1-4H3,(H,20,22)(H,23,24). The summed E-state index contributed by atoms with van der Waals surface area (Å²) in [6, 6.07) is 9.84. The average molecular weight is 360 g/mol. The molecule has 25 heavy (non-hydrogen) atoms. The van der Waals surface area contributed by atoms with Crippen molar-refractivity contribution >= 4 is 23.2 Å². The first-order chi connectivity index (χ1) is 11.7. The van der Waals surface area contributed by atoms with E-state index in [1.165, 1.54) is 5.56 Å². The maximum Gasteiger partial charge on any atom is 0.347 e. The maximum absolute atomic E-state index is 12.3. The van der Waals surface area contributed by atoms with Gasteiger partial charge in [0.25, 0.3) is 0 Å². The van der Waals surface area contributed by atoms with Crippen molar-refractivity contribution in [2.24, 2.45) is 0 Å². The van der Waals surface area contributed by atoms with E-state index in [1.54, 1.807) is 6.92 Å². The van der Waals surface area contributed by atoms with Crippen LogP contribution in [0.1, 0.15) is 65.6 Å². The van der Waals surface area contributed by atoms with Crippen LogP contribution in [0.5, 0.6) is 0 Å². The number of aryl methyl sites for hydroxylation is 1. The SMILES string of the molecule is Cc1nc(C(C)NC(=O)CCC(C)(C)c2ccccc2)sc1C(=O)O. The largest absolute Gasteiger partial charge is 0.477 e. The van der Waals surface area contributed by atoms with Crippen LogP contribution >= 0.6 is 11.3 Å². The monoisotopic (exact) mass is 360 g/mol. The molecule has 5 nitrogen and oxygen atoms in total. The van der Waals surface area contributed by atoms with Crippen LogP contribution in [0.25, 0.3) is 0 Å². The number of nitrogens with one attached hydrogen (secondary N) is 1. The fourth-order valence-electron chi connectivity index (χ4n) is 2.64. The molecule has 1 amide bonds. The zero-order chi connectivity index (χ0) is 18.6. The maximum atomic E-state index is 12.3. The Morgan fingerprint density at radius 1 is 1.28 bits per heavy atom. The zero-order valence-corrected chi connectivity index (χ0v) is 15.8. The number of hydrogen-bond donors (Lipinski definition) is 2. The number of thiazole rings is 1. The molecule has 2 aromatic rings. The number of benzene rings is 1. The van der Waals surface area contributed by atoms with E-state index in [0.29, 0.717) is 17.1 Å². The molecule has 0 spiro atoms. The van der Waals surface area contributed by atoms with E-state index in [-0.39, 0.29) is 22.2 Å². The first-order valence-electron chi connectivity index (χ1n) is 8.26. The topological polar surface area (TPSA) is 79.3 Å². The predicted octanol–water partition coefficient (Wildman–Crippen LogP) is 4.08. The summed E-state index contributed by atoms with van der Waals surface area (Å²) in [5.74, 6) is -1.04. The highest BCUT2D eigenvalue weighted by Gasteiger charge is 2.23. The van der Waals surface area contributed by atoms with Crippen molar-refractivity contribution in [1.82, 2.24) is 10.3 Å². The van der Waals surface area contributed by atoms with Crippen molar-refractivity contribution in [3.63, 3.8) is 0 Å². The Morgan fingerprint density at radius 3 is 2.48 bits per heavy atom. The zero-order valence-electron chi connectivity index (χ0n) is 15.0. The van der Waals surface area contributed by atoms with Gasteiger partial charge in [-0.3, -0.25) is 4.79 Å². The second kappa shape index (κ2) is 7.78. The summed E-state index contributed by atoms with van der Waals surface area (Å²) >= 11 is 1.11. The Hall–Kier alpha value is -2.21. The van der Waals surface area contributed by atoms with Gasteiger partial charge in [0, 0.05) is 6.42 Å². The lowest BCUT2D eigenvalue weighted by atomic mass is 9.80. The molecule has 0 aliphatic heterocycles. The molecule has 0 bridgehead atoms. The average Bonchev–Trinajstić information content (AvgIpc) is 2.96. The molecule has 1 aromatic heterocycles. The van der Waals surface area contributed by atoms with E-state index in [0.717, 1.165) is 17.8 Å². The number of carboxylic acid groups (broad SMARTS) is 1. The summed E-state index contributed by atoms with van der Waals surface area (Å²) in [5, 5.41) is 12.6. The number of carbonyl (C=O) groups excluding carboxylic acids is 1. The third-order valence-electron chi connectivity index (χ3n) is 4.29. The molecule has 0 fully saturated rings. The van der Waals surface area contributed by atoms with Gasteiger partial charge in [-0.25, -0.2) is 9.78 Å². The first-order valence-corrected chi connectivity index (χ1v) is 9.08. The molecule has 0 saturated carbocycles. The van der Waals surface area contributed by atoms with Crippen LogP contribution in [0.15, 0.2) is 30.3 Å². The van der Waals surface area contributed by atoms with E-state index in [1.807, 2.05) is 25.1 Å². The summed E-state index contributed by atoms with van der Waals surface area (Å²) in [7, 11) is 0. The van der Waals surface area contributed by atoms with Gasteiger partial charge < -0.3 is 10.4 Å². The van der Waals surface area contributed by atoms with Crippen molar-refractivity contribution in [2.45, 2.75) is 52.0 Å². The number of rotatable bonds is 7. The third kappa shape index (κ3) is 4.89. The lowest BCUT2D eigenvalue weighted by Crippen LogP contribution is -2.28. The number of nitrogens with zero attached hydrogens (tertiary/aromatic N) is 1. The Kier molecular flexibility index (Phi) is 5.95. The van der Waals surface area contributed by atoms with Gasteiger partial charge in [0.2, 0.25) is 5.91 Å². The van der Waals surface area contributed by atoms with Gasteiger partial charge in [-0.15, -0.1) is 11.3 Å². The van der Waals surface area contributed by atoms with Crippen molar-refractivity contribution in [2.75, 3.05) is 0 Å². The van der Waals surface area contributed by atoms with Crippen LogP contribution in [-0.2, 0) is 10.2 Å². The Bertz CT molecular complexity index is 753. The van der Waals surface area contributed by atoms with E-state index >= 15 is 0 Å². The highest BCUT2D eigenvalue weighted by molar-refractivity contribution is 7.13. The molecule has 0 saturated heterocycles. The summed E-state index contributed by atoms with van der Waals surface area (Å²) in [6.07, 6.45) is 1.13. The number of carboxylic acids is 1. The van der Waals surface area contributed by atoms with Crippen LogP contribution in [0, 0.1) is 6.92 Å². The Morgan fingerprint density at radius 2 is 1.92 bits per heavy atom. The van der Waals surface area contributed by atoms with Crippen molar-refractivity contribution in [3.8, 4) is 0 Å². The van der Waals surface area contributed by atoms with Gasteiger partial charge >= 0.3 is 5.97 Å². The van der Waals surface area contributed by atoms with Crippen molar-refractivity contribution < 1.29 is 14.7 Å². The minimum absolute atomic E-state index is 0.0544. The van der Waals surface area contributed by atoms with E-state index in [9.17, 15) is 9.59 Å². The molecule has 1 atom stereocenters. The molecule has 0 aliphatic rings.